The van der Waals surface area contributed by atoms with Gasteiger partial charge < -0.3 is 9.84 Å². The third-order valence-corrected chi connectivity index (χ3v) is 4.85. The Labute approximate surface area is 121 Å². The van der Waals surface area contributed by atoms with Crippen LogP contribution in [0.15, 0.2) is 18.2 Å². The molecule has 0 aromatic heterocycles. The summed E-state index contributed by atoms with van der Waals surface area (Å²) < 4.78 is 5.86. The summed E-state index contributed by atoms with van der Waals surface area (Å²) in [5, 5.41) is 10.9. The van der Waals surface area contributed by atoms with Gasteiger partial charge in [0.15, 0.2) is 0 Å². The first kappa shape index (κ1) is 13.9. The van der Waals surface area contributed by atoms with E-state index in [2.05, 4.69) is 24.8 Å². The number of rotatable bonds is 3. The van der Waals surface area contributed by atoms with E-state index >= 15 is 0 Å². The van der Waals surface area contributed by atoms with Crippen molar-refractivity contribution in [3.05, 3.63) is 29.3 Å². The lowest BCUT2D eigenvalue weighted by molar-refractivity contribution is -0.000501. The third-order valence-electron chi connectivity index (χ3n) is 4.85. The van der Waals surface area contributed by atoms with Gasteiger partial charge in [0.05, 0.1) is 6.61 Å². The molecule has 3 nitrogen and oxygen atoms in total. The van der Waals surface area contributed by atoms with Crippen molar-refractivity contribution in [1.29, 1.82) is 0 Å². The van der Waals surface area contributed by atoms with Crippen LogP contribution in [-0.2, 0) is 6.42 Å². The molecule has 3 heteroatoms. The molecule has 2 aliphatic heterocycles. The minimum Gasteiger partial charge on any atom is -0.493 e. The normalized spacial score (nSPS) is 21.4. The van der Waals surface area contributed by atoms with Crippen LogP contribution >= 0.6 is 0 Å². The van der Waals surface area contributed by atoms with E-state index in [1.807, 2.05) is 12.1 Å². The number of aliphatic hydroxyl groups is 1. The van der Waals surface area contributed by atoms with Crippen molar-refractivity contribution in [2.45, 2.75) is 51.2 Å². The van der Waals surface area contributed by atoms with Crippen LogP contribution < -0.4 is 4.74 Å². The van der Waals surface area contributed by atoms with Crippen LogP contribution in [0.1, 0.15) is 50.3 Å². The largest absolute Gasteiger partial charge is 0.493 e. The minimum atomic E-state index is -0.506. The van der Waals surface area contributed by atoms with E-state index < -0.39 is 6.10 Å². The molecule has 0 amide bonds. The monoisotopic (exact) mass is 275 g/mol. The van der Waals surface area contributed by atoms with Crippen LogP contribution in [-0.4, -0.2) is 35.2 Å². The zero-order valence-corrected chi connectivity index (χ0v) is 12.6. The second-order valence-corrected chi connectivity index (χ2v) is 6.54. The molecular weight excluding hydrogens is 250 g/mol. The standard InChI is InChI=1S/C17H25NO2/c1-17(2,18-10-3-4-11-18)16(19)14-9-5-7-13-8-6-12-20-15(13)14/h5,7,9,16,19H,3-4,6,8,10-12H2,1-2H3. The van der Waals surface area contributed by atoms with E-state index in [4.69, 9.17) is 4.74 Å². The van der Waals surface area contributed by atoms with Gasteiger partial charge in [0.2, 0.25) is 0 Å². The van der Waals surface area contributed by atoms with Crippen LogP contribution in [0.2, 0.25) is 0 Å². The molecule has 0 saturated carbocycles. The number of aryl methyl sites for hydroxylation is 1. The fourth-order valence-corrected chi connectivity index (χ4v) is 3.48. The van der Waals surface area contributed by atoms with Gasteiger partial charge in [-0.15, -0.1) is 0 Å². The fourth-order valence-electron chi connectivity index (χ4n) is 3.48. The number of likely N-dealkylation sites (tertiary alicyclic amines) is 1. The van der Waals surface area contributed by atoms with E-state index in [0.717, 1.165) is 43.9 Å². The summed E-state index contributed by atoms with van der Waals surface area (Å²) in [5.41, 5.74) is 1.95. The first-order valence-electron chi connectivity index (χ1n) is 7.78. The number of ether oxygens (including phenoxy) is 1. The van der Waals surface area contributed by atoms with Crippen molar-refractivity contribution in [3.8, 4) is 5.75 Å². The Balaban J connectivity index is 1.91. The van der Waals surface area contributed by atoms with Crippen LogP contribution in [0.4, 0.5) is 0 Å². The maximum absolute atomic E-state index is 10.9. The molecule has 1 saturated heterocycles. The molecule has 1 unspecified atom stereocenters. The van der Waals surface area contributed by atoms with E-state index in [0.29, 0.717) is 0 Å². The second-order valence-electron chi connectivity index (χ2n) is 6.54. The average molecular weight is 275 g/mol. The zero-order valence-electron chi connectivity index (χ0n) is 12.6. The molecule has 2 heterocycles. The second kappa shape index (κ2) is 5.38. The van der Waals surface area contributed by atoms with Crippen molar-refractivity contribution in [3.63, 3.8) is 0 Å². The molecule has 0 spiro atoms. The summed E-state index contributed by atoms with van der Waals surface area (Å²) in [6.45, 7) is 7.22. The molecule has 2 aliphatic rings. The van der Waals surface area contributed by atoms with Gasteiger partial charge in [0.25, 0.3) is 0 Å². The number of nitrogens with zero attached hydrogens (tertiary/aromatic N) is 1. The summed E-state index contributed by atoms with van der Waals surface area (Å²) in [6, 6.07) is 6.19. The van der Waals surface area contributed by atoms with Gasteiger partial charge in [-0.05, 0) is 58.2 Å². The molecule has 20 heavy (non-hydrogen) atoms. The summed E-state index contributed by atoms with van der Waals surface area (Å²) in [7, 11) is 0. The Morgan fingerprint density at radius 3 is 2.70 bits per heavy atom. The highest BCUT2D eigenvalue weighted by Crippen LogP contribution is 2.40. The van der Waals surface area contributed by atoms with Gasteiger partial charge in [-0.3, -0.25) is 4.90 Å². The Hall–Kier alpha value is -1.06. The van der Waals surface area contributed by atoms with E-state index in [9.17, 15) is 5.11 Å². The average Bonchev–Trinajstić information content (AvgIpc) is 3.01. The molecular formula is C17H25NO2. The molecule has 0 bridgehead atoms. The number of fused-ring (bicyclic) bond motifs is 1. The van der Waals surface area contributed by atoms with Crippen molar-refractivity contribution < 1.29 is 9.84 Å². The lowest BCUT2D eigenvalue weighted by Crippen LogP contribution is -2.47. The molecule has 0 aliphatic carbocycles. The quantitative estimate of drug-likeness (QED) is 0.920. The van der Waals surface area contributed by atoms with Gasteiger partial charge in [0, 0.05) is 11.1 Å². The first-order chi connectivity index (χ1) is 9.60. The highest BCUT2D eigenvalue weighted by molar-refractivity contribution is 5.45. The number of hydrogen-bond acceptors (Lipinski definition) is 3. The van der Waals surface area contributed by atoms with Crippen LogP contribution in [0.3, 0.4) is 0 Å². The first-order valence-corrected chi connectivity index (χ1v) is 7.78. The van der Waals surface area contributed by atoms with Gasteiger partial charge in [-0.25, -0.2) is 0 Å². The molecule has 110 valence electrons. The maximum Gasteiger partial charge on any atom is 0.128 e. The van der Waals surface area contributed by atoms with E-state index in [1.165, 1.54) is 18.4 Å². The van der Waals surface area contributed by atoms with Crippen LogP contribution in [0.25, 0.3) is 0 Å². The van der Waals surface area contributed by atoms with Crippen LogP contribution in [0.5, 0.6) is 5.75 Å². The topological polar surface area (TPSA) is 32.7 Å². The molecule has 1 aromatic carbocycles. The fraction of sp³-hybridized carbons (Fsp3) is 0.647. The molecule has 1 atom stereocenters. The summed E-state index contributed by atoms with van der Waals surface area (Å²) in [4.78, 5) is 2.40. The molecule has 3 rings (SSSR count). The highest BCUT2D eigenvalue weighted by Gasteiger charge is 2.38. The van der Waals surface area contributed by atoms with Crippen molar-refractivity contribution in [2.75, 3.05) is 19.7 Å². The van der Waals surface area contributed by atoms with E-state index in [-0.39, 0.29) is 5.54 Å². The Bertz CT molecular complexity index is 478. The number of aliphatic hydroxyl groups excluding tert-OH is 1. The third kappa shape index (κ3) is 2.33. The van der Waals surface area contributed by atoms with Crippen molar-refractivity contribution in [2.24, 2.45) is 0 Å². The highest BCUT2D eigenvalue weighted by atomic mass is 16.5. The predicted molar refractivity (Wildman–Crippen MR) is 80.1 cm³/mol. The van der Waals surface area contributed by atoms with Gasteiger partial charge >= 0.3 is 0 Å². The number of hydrogen-bond donors (Lipinski definition) is 1. The Morgan fingerprint density at radius 1 is 1.20 bits per heavy atom. The van der Waals surface area contributed by atoms with Gasteiger partial charge in [0.1, 0.15) is 11.9 Å². The summed E-state index contributed by atoms with van der Waals surface area (Å²) in [5.74, 6) is 0.929. The molecule has 1 aromatic rings. The van der Waals surface area contributed by atoms with Crippen LogP contribution in [0, 0.1) is 0 Å². The number of para-hydroxylation sites is 1. The lowest BCUT2D eigenvalue weighted by atomic mass is 9.87. The van der Waals surface area contributed by atoms with E-state index in [1.54, 1.807) is 0 Å². The van der Waals surface area contributed by atoms with Gasteiger partial charge in [-0.1, -0.05) is 18.2 Å². The van der Waals surface area contributed by atoms with Gasteiger partial charge in [-0.2, -0.15) is 0 Å². The molecule has 0 radical (unpaired) electrons. The maximum atomic E-state index is 10.9. The lowest BCUT2D eigenvalue weighted by Gasteiger charge is -2.40. The van der Waals surface area contributed by atoms with Crippen molar-refractivity contribution >= 4 is 0 Å². The minimum absolute atomic E-state index is 0.244. The van der Waals surface area contributed by atoms with Crippen molar-refractivity contribution in [1.82, 2.24) is 4.90 Å². The Morgan fingerprint density at radius 2 is 1.95 bits per heavy atom. The number of benzene rings is 1. The summed E-state index contributed by atoms with van der Waals surface area (Å²) >= 11 is 0. The Kier molecular flexibility index (Phi) is 3.74. The smallest absolute Gasteiger partial charge is 0.128 e. The predicted octanol–water partition coefficient (Wildman–Crippen LogP) is 2.92. The molecule has 1 fully saturated rings. The molecule has 1 N–H and O–H groups in total. The summed E-state index contributed by atoms with van der Waals surface area (Å²) in [6.07, 6.45) is 4.09. The zero-order chi connectivity index (χ0) is 14.2. The SMILES string of the molecule is CC(C)(C(O)c1cccc2c1OCCC2)N1CCCC1.